The Hall–Kier alpha value is -2.21. The van der Waals surface area contributed by atoms with E-state index in [9.17, 15) is 4.79 Å². The zero-order chi connectivity index (χ0) is 13.0. The third-order valence-electron chi connectivity index (χ3n) is 2.67. The minimum Gasteiger partial charge on any atom is -0.368 e. The molecule has 1 aromatic heterocycles. The van der Waals surface area contributed by atoms with Crippen molar-refractivity contribution in [1.82, 2.24) is 20.7 Å². The molecule has 0 saturated carbocycles. The number of H-pyrrole nitrogens is 1. The van der Waals surface area contributed by atoms with Crippen LogP contribution in [0.5, 0.6) is 0 Å². The van der Waals surface area contributed by atoms with Gasteiger partial charge in [-0.1, -0.05) is 30.3 Å². The van der Waals surface area contributed by atoms with E-state index in [1.165, 1.54) is 0 Å². The number of hydrogen-bond acceptors (Lipinski definition) is 4. The fourth-order valence-corrected chi connectivity index (χ4v) is 1.55. The van der Waals surface area contributed by atoms with Gasteiger partial charge in [-0.15, -0.1) is 0 Å². The molecule has 6 nitrogen and oxygen atoms in total. The van der Waals surface area contributed by atoms with Gasteiger partial charge in [-0.2, -0.15) is 15.4 Å². The Morgan fingerprint density at radius 2 is 2.11 bits per heavy atom. The third kappa shape index (κ3) is 2.72. The number of aromatic nitrogens is 3. The molecule has 2 rings (SSSR count). The van der Waals surface area contributed by atoms with Crippen LogP contribution in [-0.2, 0) is 11.3 Å². The normalized spacial score (nSPS) is 12.3. The summed E-state index contributed by atoms with van der Waals surface area (Å²) in [6.07, 6.45) is 0. The quantitative estimate of drug-likeness (QED) is 0.711. The molecule has 0 radical (unpaired) electrons. The van der Waals surface area contributed by atoms with Crippen LogP contribution in [0.4, 0.5) is 0 Å². The molecule has 6 heteroatoms. The maximum Gasteiger partial charge on any atom is 0.234 e. The van der Waals surface area contributed by atoms with E-state index >= 15 is 0 Å². The fourth-order valence-electron chi connectivity index (χ4n) is 1.55. The predicted molar refractivity (Wildman–Crippen MR) is 67.3 cm³/mol. The minimum atomic E-state index is -0.398. The molecule has 1 atom stereocenters. The summed E-state index contributed by atoms with van der Waals surface area (Å²) in [5.41, 5.74) is 7.70. The van der Waals surface area contributed by atoms with E-state index in [0.717, 1.165) is 17.0 Å². The van der Waals surface area contributed by atoms with E-state index in [-0.39, 0.29) is 5.91 Å². The summed E-state index contributed by atoms with van der Waals surface area (Å²) < 4.78 is 0. The SMILES string of the molecule is CC(NCc1n[nH]nc1-c1ccccc1)C(N)=O. The van der Waals surface area contributed by atoms with Crippen molar-refractivity contribution in [1.29, 1.82) is 0 Å². The van der Waals surface area contributed by atoms with E-state index in [1.54, 1.807) is 6.92 Å². The summed E-state index contributed by atoms with van der Waals surface area (Å²) in [7, 11) is 0. The maximum atomic E-state index is 10.9. The largest absolute Gasteiger partial charge is 0.368 e. The number of aromatic amines is 1. The highest BCUT2D eigenvalue weighted by Crippen LogP contribution is 2.18. The summed E-state index contributed by atoms with van der Waals surface area (Å²) in [6, 6.07) is 9.33. The second kappa shape index (κ2) is 5.42. The standard InChI is InChI=1S/C12H15N5O/c1-8(12(13)18)14-7-10-11(16-17-15-10)9-5-3-2-4-6-9/h2-6,8,14H,7H2,1H3,(H2,13,18)(H,15,16,17). The smallest absolute Gasteiger partial charge is 0.234 e. The molecule has 94 valence electrons. The van der Waals surface area contributed by atoms with Crippen LogP contribution in [0.15, 0.2) is 30.3 Å². The molecule has 18 heavy (non-hydrogen) atoms. The van der Waals surface area contributed by atoms with Gasteiger partial charge < -0.3 is 11.1 Å². The molecule has 1 heterocycles. The van der Waals surface area contributed by atoms with E-state index in [1.807, 2.05) is 30.3 Å². The van der Waals surface area contributed by atoms with E-state index in [4.69, 9.17) is 5.73 Å². The molecule has 0 aliphatic heterocycles. The number of amides is 1. The third-order valence-corrected chi connectivity index (χ3v) is 2.67. The van der Waals surface area contributed by atoms with Crippen molar-refractivity contribution < 1.29 is 4.79 Å². The molecule has 0 fully saturated rings. The second-order valence-corrected chi connectivity index (χ2v) is 3.99. The molecule has 4 N–H and O–H groups in total. The van der Waals surface area contributed by atoms with Gasteiger partial charge in [0.15, 0.2) is 0 Å². The van der Waals surface area contributed by atoms with E-state index < -0.39 is 6.04 Å². The number of nitrogens with zero attached hydrogens (tertiary/aromatic N) is 2. The molecule has 0 saturated heterocycles. The molecule has 2 aromatic rings. The fraction of sp³-hybridized carbons (Fsp3) is 0.250. The Kier molecular flexibility index (Phi) is 3.69. The molecule has 1 aromatic carbocycles. The lowest BCUT2D eigenvalue weighted by atomic mass is 10.1. The highest BCUT2D eigenvalue weighted by Gasteiger charge is 2.13. The summed E-state index contributed by atoms with van der Waals surface area (Å²) in [5.74, 6) is -0.389. The van der Waals surface area contributed by atoms with Crippen LogP contribution in [0.1, 0.15) is 12.6 Å². The lowest BCUT2D eigenvalue weighted by Crippen LogP contribution is -2.38. The van der Waals surface area contributed by atoms with Crippen LogP contribution < -0.4 is 11.1 Å². The summed E-state index contributed by atoms with van der Waals surface area (Å²) >= 11 is 0. The van der Waals surface area contributed by atoms with Crippen molar-refractivity contribution in [3.63, 3.8) is 0 Å². The van der Waals surface area contributed by atoms with Crippen LogP contribution >= 0.6 is 0 Å². The summed E-state index contributed by atoms with van der Waals surface area (Å²) in [6.45, 7) is 2.15. The Morgan fingerprint density at radius 3 is 2.78 bits per heavy atom. The number of nitrogens with two attached hydrogens (primary N) is 1. The van der Waals surface area contributed by atoms with Crippen molar-refractivity contribution in [3.8, 4) is 11.3 Å². The number of nitrogens with one attached hydrogen (secondary N) is 2. The van der Waals surface area contributed by atoms with E-state index in [2.05, 4.69) is 20.7 Å². The Labute approximate surface area is 105 Å². The van der Waals surface area contributed by atoms with Crippen LogP contribution in [-0.4, -0.2) is 27.4 Å². The highest BCUT2D eigenvalue weighted by atomic mass is 16.1. The molecule has 0 bridgehead atoms. The first-order valence-electron chi connectivity index (χ1n) is 5.66. The monoisotopic (exact) mass is 245 g/mol. The Bertz CT molecular complexity index is 522. The number of carbonyl (C=O) groups excluding carboxylic acids is 1. The first-order valence-corrected chi connectivity index (χ1v) is 5.66. The number of hydrogen-bond donors (Lipinski definition) is 3. The van der Waals surface area contributed by atoms with Gasteiger partial charge in [-0.3, -0.25) is 4.79 Å². The number of primary amides is 1. The first-order chi connectivity index (χ1) is 8.68. The van der Waals surface area contributed by atoms with Gasteiger partial charge in [0, 0.05) is 12.1 Å². The minimum absolute atomic E-state index is 0.389. The molecule has 1 amide bonds. The van der Waals surface area contributed by atoms with Crippen LogP contribution in [0.25, 0.3) is 11.3 Å². The molecule has 0 aliphatic carbocycles. The summed E-state index contributed by atoms with van der Waals surface area (Å²) in [4.78, 5) is 10.9. The molecular weight excluding hydrogens is 230 g/mol. The van der Waals surface area contributed by atoms with Crippen molar-refractivity contribution >= 4 is 5.91 Å². The lowest BCUT2D eigenvalue weighted by molar-refractivity contribution is -0.119. The number of rotatable bonds is 5. The van der Waals surface area contributed by atoms with Crippen molar-refractivity contribution in [2.24, 2.45) is 5.73 Å². The Morgan fingerprint density at radius 1 is 1.39 bits per heavy atom. The van der Waals surface area contributed by atoms with E-state index in [0.29, 0.717) is 6.54 Å². The summed E-state index contributed by atoms with van der Waals surface area (Å²) in [5, 5.41) is 13.8. The van der Waals surface area contributed by atoms with Gasteiger partial charge in [0.25, 0.3) is 0 Å². The van der Waals surface area contributed by atoms with Gasteiger partial charge in [0.2, 0.25) is 5.91 Å². The zero-order valence-corrected chi connectivity index (χ0v) is 10.1. The molecular formula is C12H15N5O. The van der Waals surface area contributed by atoms with Crippen molar-refractivity contribution in [2.75, 3.05) is 0 Å². The zero-order valence-electron chi connectivity index (χ0n) is 10.1. The van der Waals surface area contributed by atoms with Gasteiger partial charge in [-0.25, -0.2) is 0 Å². The number of carbonyl (C=O) groups is 1. The van der Waals surface area contributed by atoms with Crippen LogP contribution in [0.2, 0.25) is 0 Å². The topological polar surface area (TPSA) is 96.7 Å². The first kappa shape index (κ1) is 12.3. The lowest BCUT2D eigenvalue weighted by Gasteiger charge is -2.08. The van der Waals surface area contributed by atoms with Gasteiger partial charge >= 0.3 is 0 Å². The molecule has 1 unspecified atom stereocenters. The number of benzene rings is 1. The van der Waals surface area contributed by atoms with Crippen LogP contribution in [0.3, 0.4) is 0 Å². The maximum absolute atomic E-state index is 10.9. The van der Waals surface area contributed by atoms with Crippen molar-refractivity contribution in [2.45, 2.75) is 19.5 Å². The average Bonchev–Trinajstić information content (AvgIpc) is 2.85. The second-order valence-electron chi connectivity index (χ2n) is 3.99. The molecule has 0 aliphatic rings. The predicted octanol–water partition coefficient (Wildman–Crippen LogP) is 0.435. The van der Waals surface area contributed by atoms with Crippen molar-refractivity contribution in [3.05, 3.63) is 36.0 Å². The average molecular weight is 245 g/mol. The van der Waals surface area contributed by atoms with Crippen LogP contribution in [0, 0.1) is 0 Å². The van der Waals surface area contributed by atoms with Gasteiger partial charge in [0.1, 0.15) is 11.4 Å². The van der Waals surface area contributed by atoms with Gasteiger partial charge in [0.05, 0.1) is 6.04 Å². The highest BCUT2D eigenvalue weighted by molar-refractivity contribution is 5.79. The van der Waals surface area contributed by atoms with Gasteiger partial charge in [-0.05, 0) is 6.92 Å². The molecule has 0 spiro atoms. The Balaban J connectivity index is 2.12.